The molecule has 2 N–H and O–H groups in total. The molecule has 4 rings (SSSR count). The second-order valence-corrected chi connectivity index (χ2v) is 6.35. The molecule has 1 fully saturated rings. The van der Waals surface area contributed by atoms with E-state index in [1.54, 1.807) is 35.6 Å². The monoisotopic (exact) mass is 367 g/mol. The topological polar surface area (TPSA) is 101 Å². The third kappa shape index (κ3) is 4.14. The zero-order chi connectivity index (χ0) is 18.5. The van der Waals surface area contributed by atoms with Gasteiger partial charge in [-0.1, -0.05) is 0 Å². The summed E-state index contributed by atoms with van der Waals surface area (Å²) in [6.45, 7) is 2.51. The van der Waals surface area contributed by atoms with Crippen molar-refractivity contribution < 1.29 is 9.21 Å². The minimum Gasteiger partial charge on any atom is -0.468 e. The first-order valence-electron chi connectivity index (χ1n) is 8.93. The van der Waals surface area contributed by atoms with Gasteiger partial charge in [0.05, 0.1) is 24.2 Å². The third-order valence-electron chi connectivity index (χ3n) is 4.57. The van der Waals surface area contributed by atoms with Crippen LogP contribution in [-0.4, -0.2) is 50.3 Å². The molecule has 4 heterocycles. The minimum atomic E-state index is -0.277. The molecule has 140 valence electrons. The first-order chi connectivity index (χ1) is 13.3. The van der Waals surface area contributed by atoms with Crippen molar-refractivity contribution in [1.82, 2.24) is 30.0 Å². The van der Waals surface area contributed by atoms with E-state index in [4.69, 9.17) is 4.42 Å². The average molecular weight is 367 g/mol. The molecule has 9 nitrogen and oxygen atoms in total. The van der Waals surface area contributed by atoms with Crippen LogP contribution in [0.5, 0.6) is 0 Å². The summed E-state index contributed by atoms with van der Waals surface area (Å²) >= 11 is 0. The molecule has 9 heteroatoms. The fourth-order valence-corrected chi connectivity index (χ4v) is 3.23. The summed E-state index contributed by atoms with van der Waals surface area (Å²) in [5.74, 6) is 1.50. The standard InChI is InChI=1S/C18H21N7O2/c26-18(23-14-5-6-17(20-10-14)25-13-19-12-22-25)21-11-15(16-4-3-9-27-16)24-7-1-2-8-24/h3-6,9-10,12-13,15H,1-2,7-8,11H2,(H2,21,23,26)/t15-/m0/s1. The molecule has 3 aromatic rings. The minimum absolute atomic E-state index is 0.0427. The molecule has 27 heavy (non-hydrogen) atoms. The summed E-state index contributed by atoms with van der Waals surface area (Å²) in [4.78, 5) is 22.8. The van der Waals surface area contributed by atoms with Gasteiger partial charge in [-0.3, -0.25) is 4.90 Å². The van der Waals surface area contributed by atoms with E-state index in [-0.39, 0.29) is 12.1 Å². The lowest BCUT2D eigenvalue weighted by Gasteiger charge is -2.26. The number of urea groups is 1. The Morgan fingerprint density at radius 1 is 1.26 bits per heavy atom. The number of furan rings is 1. The number of carbonyl (C=O) groups is 1. The Bertz CT molecular complexity index is 840. The predicted octanol–water partition coefficient (Wildman–Crippen LogP) is 2.21. The van der Waals surface area contributed by atoms with E-state index in [9.17, 15) is 4.79 Å². The lowest BCUT2D eigenvalue weighted by atomic mass is 10.2. The van der Waals surface area contributed by atoms with Gasteiger partial charge >= 0.3 is 6.03 Å². The molecule has 0 unspecified atom stereocenters. The van der Waals surface area contributed by atoms with Gasteiger partial charge in [0.25, 0.3) is 0 Å². The maximum absolute atomic E-state index is 12.3. The van der Waals surface area contributed by atoms with E-state index in [2.05, 4.69) is 30.6 Å². The lowest BCUT2D eigenvalue weighted by molar-refractivity contribution is 0.207. The molecule has 0 bridgehead atoms. The van der Waals surface area contributed by atoms with Crippen LogP contribution in [0.15, 0.2) is 53.8 Å². The molecule has 0 radical (unpaired) electrons. The Kier molecular flexibility index (Phi) is 5.10. The van der Waals surface area contributed by atoms with Crippen LogP contribution in [0.1, 0.15) is 24.6 Å². The number of nitrogens with zero attached hydrogens (tertiary/aromatic N) is 5. The Hall–Kier alpha value is -3.20. The Morgan fingerprint density at radius 3 is 2.81 bits per heavy atom. The number of pyridine rings is 1. The molecular formula is C18H21N7O2. The number of hydrogen-bond acceptors (Lipinski definition) is 6. The van der Waals surface area contributed by atoms with Crippen molar-refractivity contribution in [3.8, 4) is 5.82 Å². The van der Waals surface area contributed by atoms with E-state index in [1.165, 1.54) is 19.2 Å². The van der Waals surface area contributed by atoms with Crippen molar-refractivity contribution in [3.05, 3.63) is 55.1 Å². The summed E-state index contributed by atoms with van der Waals surface area (Å²) in [5, 5.41) is 9.75. The summed E-state index contributed by atoms with van der Waals surface area (Å²) < 4.78 is 7.12. The number of carbonyl (C=O) groups excluding carboxylic acids is 1. The number of hydrogen-bond donors (Lipinski definition) is 2. The van der Waals surface area contributed by atoms with Crippen molar-refractivity contribution in [2.45, 2.75) is 18.9 Å². The molecular weight excluding hydrogens is 346 g/mol. The Balaban J connectivity index is 1.34. The molecule has 0 saturated carbocycles. The third-order valence-corrected chi connectivity index (χ3v) is 4.57. The van der Waals surface area contributed by atoms with Crippen LogP contribution in [0.3, 0.4) is 0 Å². The molecule has 0 aliphatic carbocycles. The molecule has 3 aromatic heterocycles. The van der Waals surface area contributed by atoms with Crippen LogP contribution in [-0.2, 0) is 0 Å². The smallest absolute Gasteiger partial charge is 0.319 e. The first-order valence-corrected chi connectivity index (χ1v) is 8.93. The molecule has 0 aromatic carbocycles. The number of aromatic nitrogens is 4. The van der Waals surface area contributed by atoms with Gasteiger partial charge in [0.2, 0.25) is 0 Å². The predicted molar refractivity (Wildman–Crippen MR) is 98.4 cm³/mol. The second-order valence-electron chi connectivity index (χ2n) is 6.35. The number of likely N-dealkylation sites (tertiary alicyclic amines) is 1. The number of amides is 2. The van der Waals surface area contributed by atoms with Gasteiger partial charge < -0.3 is 15.1 Å². The van der Waals surface area contributed by atoms with Crippen molar-refractivity contribution in [2.24, 2.45) is 0 Å². The number of rotatable bonds is 6. The highest BCUT2D eigenvalue weighted by Crippen LogP contribution is 2.24. The zero-order valence-electron chi connectivity index (χ0n) is 14.8. The highest BCUT2D eigenvalue weighted by Gasteiger charge is 2.25. The maximum Gasteiger partial charge on any atom is 0.319 e. The molecule has 1 atom stereocenters. The summed E-state index contributed by atoms with van der Waals surface area (Å²) in [6, 6.07) is 7.13. The van der Waals surface area contributed by atoms with E-state index in [1.807, 2.05) is 12.1 Å². The molecule has 2 amide bonds. The summed E-state index contributed by atoms with van der Waals surface area (Å²) in [7, 11) is 0. The molecule has 1 saturated heterocycles. The van der Waals surface area contributed by atoms with Gasteiger partial charge in [0, 0.05) is 6.54 Å². The van der Waals surface area contributed by atoms with Gasteiger partial charge in [0.1, 0.15) is 18.4 Å². The SMILES string of the molecule is O=C(NC[C@@H](c1ccco1)N1CCCC1)Nc1ccc(-n2cncn2)nc1. The molecule has 1 aliphatic rings. The van der Waals surface area contributed by atoms with E-state index in [0.29, 0.717) is 18.1 Å². The van der Waals surface area contributed by atoms with Crippen LogP contribution in [0.2, 0.25) is 0 Å². The van der Waals surface area contributed by atoms with Crippen LogP contribution >= 0.6 is 0 Å². The zero-order valence-corrected chi connectivity index (χ0v) is 14.8. The highest BCUT2D eigenvalue weighted by atomic mass is 16.3. The molecule has 0 spiro atoms. The largest absolute Gasteiger partial charge is 0.468 e. The summed E-state index contributed by atoms with van der Waals surface area (Å²) in [6.07, 6.45) is 8.61. The van der Waals surface area contributed by atoms with Crippen LogP contribution < -0.4 is 10.6 Å². The van der Waals surface area contributed by atoms with Crippen LogP contribution in [0, 0.1) is 0 Å². The second kappa shape index (κ2) is 8.00. The summed E-state index contributed by atoms with van der Waals surface area (Å²) in [5.41, 5.74) is 0.604. The number of anilines is 1. The maximum atomic E-state index is 12.3. The van der Waals surface area contributed by atoms with Crippen molar-refractivity contribution >= 4 is 11.7 Å². The van der Waals surface area contributed by atoms with E-state index < -0.39 is 0 Å². The lowest BCUT2D eigenvalue weighted by Crippen LogP contribution is -2.38. The van der Waals surface area contributed by atoms with E-state index >= 15 is 0 Å². The normalized spacial score (nSPS) is 15.6. The number of nitrogens with one attached hydrogen (secondary N) is 2. The highest BCUT2D eigenvalue weighted by molar-refractivity contribution is 5.89. The van der Waals surface area contributed by atoms with Gasteiger partial charge in [-0.2, -0.15) is 5.10 Å². The van der Waals surface area contributed by atoms with Gasteiger partial charge in [0.15, 0.2) is 5.82 Å². The van der Waals surface area contributed by atoms with Crippen molar-refractivity contribution in [2.75, 3.05) is 25.0 Å². The van der Waals surface area contributed by atoms with Crippen LogP contribution in [0.25, 0.3) is 5.82 Å². The molecule has 1 aliphatic heterocycles. The van der Waals surface area contributed by atoms with Gasteiger partial charge in [-0.25, -0.2) is 19.4 Å². The van der Waals surface area contributed by atoms with Crippen molar-refractivity contribution in [1.29, 1.82) is 0 Å². The fraction of sp³-hybridized carbons (Fsp3) is 0.333. The first kappa shape index (κ1) is 17.2. The Morgan fingerprint density at radius 2 is 2.15 bits per heavy atom. The Labute approximate surface area is 156 Å². The van der Waals surface area contributed by atoms with Gasteiger partial charge in [-0.05, 0) is 50.2 Å². The van der Waals surface area contributed by atoms with E-state index in [0.717, 1.165) is 18.8 Å². The quantitative estimate of drug-likeness (QED) is 0.693. The van der Waals surface area contributed by atoms with Crippen LogP contribution in [0.4, 0.5) is 10.5 Å². The van der Waals surface area contributed by atoms with Gasteiger partial charge in [-0.15, -0.1) is 0 Å². The van der Waals surface area contributed by atoms with Crippen molar-refractivity contribution in [3.63, 3.8) is 0 Å². The fourth-order valence-electron chi connectivity index (χ4n) is 3.23. The average Bonchev–Trinajstić information content (AvgIpc) is 3.45.